The van der Waals surface area contributed by atoms with Crippen LogP contribution in [0.25, 0.3) is 0 Å². The maximum absolute atomic E-state index is 5.83. The Labute approximate surface area is 105 Å². The fraction of sp³-hybridized carbons (Fsp3) is 0.333. The van der Waals surface area contributed by atoms with E-state index in [1.165, 1.54) is 0 Å². The Kier molecular flexibility index (Phi) is 3.68. The summed E-state index contributed by atoms with van der Waals surface area (Å²) in [6, 6.07) is 6.13. The molecule has 0 aliphatic heterocycles. The molecule has 2 aromatic heterocycles. The Morgan fingerprint density at radius 1 is 1.41 bits per heavy atom. The van der Waals surface area contributed by atoms with Gasteiger partial charge in [-0.05, 0) is 32.0 Å². The lowest BCUT2D eigenvalue weighted by atomic mass is 10.4. The summed E-state index contributed by atoms with van der Waals surface area (Å²) in [6.45, 7) is 4.22. The standard InChI is InChI=1S/C12H16N4S/c1-9(2)16-7-5-10(15-16)8-17-12-11(13)4-3-6-14-12/h3-7,9H,8,13H2,1-2H3. The van der Waals surface area contributed by atoms with Gasteiger partial charge in [0.1, 0.15) is 5.03 Å². The summed E-state index contributed by atoms with van der Waals surface area (Å²) in [5.41, 5.74) is 7.60. The van der Waals surface area contributed by atoms with Crippen molar-refractivity contribution >= 4 is 17.4 Å². The molecule has 0 amide bonds. The monoisotopic (exact) mass is 248 g/mol. The molecule has 0 aliphatic rings. The fourth-order valence-corrected chi connectivity index (χ4v) is 2.22. The highest BCUT2D eigenvalue weighted by Crippen LogP contribution is 2.24. The van der Waals surface area contributed by atoms with Crippen LogP contribution in [0.3, 0.4) is 0 Å². The highest BCUT2D eigenvalue weighted by atomic mass is 32.2. The van der Waals surface area contributed by atoms with Gasteiger partial charge in [-0.1, -0.05) is 11.8 Å². The van der Waals surface area contributed by atoms with Gasteiger partial charge in [0, 0.05) is 24.2 Å². The van der Waals surface area contributed by atoms with Gasteiger partial charge in [0.15, 0.2) is 0 Å². The lowest BCUT2D eigenvalue weighted by Gasteiger charge is -2.04. The topological polar surface area (TPSA) is 56.7 Å². The van der Waals surface area contributed by atoms with Crippen LogP contribution in [0.2, 0.25) is 0 Å². The van der Waals surface area contributed by atoms with E-state index in [0.717, 1.165) is 22.2 Å². The molecule has 0 saturated carbocycles. The number of aromatic nitrogens is 3. The molecule has 0 radical (unpaired) electrons. The molecule has 0 spiro atoms. The van der Waals surface area contributed by atoms with Crippen molar-refractivity contribution in [1.29, 1.82) is 0 Å². The number of hydrogen-bond acceptors (Lipinski definition) is 4. The molecular formula is C12H16N4S. The molecule has 2 rings (SSSR count). The molecule has 0 fully saturated rings. The van der Waals surface area contributed by atoms with E-state index < -0.39 is 0 Å². The molecule has 0 saturated heterocycles. The maximum atomic E-state index is 5.83. The van der Waals surface area contributed by atoms with Crippen LogP contribution in [-0.4, -0.2) is 14.8 Å². The minimum Gasteiger partial charge on any atom is -0.397 e. The van der Waals surface area contributed by atoms with Crippen LogP contribution in [0, 0.1) is 0 Å². The summed E-state index contributed by atoms with van der Waals surface area (Å²) >= 11 is 1.61. The number of rotatable bonds is 4. The average Bonchev–Trinajstić information content (AvgIpc) is 2.77. The summed E-state index contributed by atoms with van der Waals surface area (Å²) in [7, 11) is 0. The second-order valence-electron chi connectivity index (χ2n) is 4.07. The van der Waals surface area contributed by atoms with Crippen LogP contribution in [0.4, 0.5) is 5.69 Å². The zero-order valence-electron chi connectivity index (χ0n) is 10.00. The molecule has 90 valence electrons. The minimum absolute atomic E-state index is 0.397. The summed E-state index contributed by atoms with van der Waals surface area (Å²) in [6.07, 6.45) is 3.76. The third-order valence-electron chi connectivity index (χ3n) is 2.35. The van der Waals surface area contributed by atoms with Crippen molar-refractivity contribution in [1.82, 2.24) is 14.8 Å². The van der Waals surface area contributed by atoms with Gasteiger partial charge in [-0.15, -0.1) is 0 Å². The number of thioether (sulfide) groups is 1. The quantitative estimate of drug-likeness (QED) is 0.845. The lowest BCUT2D eigenvalue weighted by molar-refractivity contribution is 0.529. The Morgan fingerprint density at radius 3 is 2.88 bits per heavy atom. The minimum atomic E-state index is 0.397. The van der Waals surface area contributed by atoms with Gasteiger partial charge in [-0.25, -0.2) is 4.98 Å². The van der Waals surface area contributed by atoms with Gasteiger partial charge in [-0.3, -0.25) is 4.68 Å². The number of anilines is 1. The number of hydrogen-bond donors (Lipinski definition) is 1. The van der Waals surface area contributed by atoms with Crippen molar-refractivity contribution in [3.63, 3.8) is 0 Å². The van der Waals surface area contributed by atoms with Crippen LogP contribution in [-0.2, 0) is 5.75 Å². The highest BCUT2D eigenvalue weighted by Gasteiger charge is 2.05. The number of nitrogens with two attached hydrogens (primary N) is 1. The summed E-state index contributed by atoms with van der Waals surface area (Å²) in [5.74, 6) is 0.793. The van der Waals surface area contributed by atoms with Crippen LogP contribution in [0.5, 0.6) is 0 Å². The molecule has 4 nitrogen and oxygen atoms in total. The smallest absolute Gasteiger partial charge is 0.119 e. The first-order chi connectivity index (χ1) is 8.16. The van der Waals surface area contributed by atoms with Gasteiger partial charge < -0.3 is 5.73 Å². The predicted octanol–water partition coefficient (Wildman–Crippen LogP) is 2.73. The molecule has 2 N–H and O–H groups in total. The third kappa shape index (κ3) is 3.00. The molecule has 0 bridgehead atoms. The molecule has 0 unspecified atom stereocenters. The van der Waals surface area contributed by atoms with Crippen LogP contribution in [0.1, 0.15) is 25.6 Å². The van der Waals surface area contributed by atoms with Crippen molar-refractivity contribution in [3.05, 3.63) is 36.3 Å². The first-order valence-corrected chi connectivity index (χ1v) is 6.52. The largest absolute Gasteiger partial charge is 0.397 e. The summed E-state index contributed by atoms with van der Waals surface area (Å²) < 4.78 is 1.96. The summed E-state index contributed by atoms with van der Waals surface area (Å²) in [4.78, 5) is 4.24. The summed E-state index contributed by atoms with van der Waals surface area (Å²) in [5, 5.41) is 5.35. The number of pyridine rings is 1. The van der Waals surface area contributed by atoms with Crippen molar-refractivity contribution in [2.24, 2.45) is 0 Å². The maximum Gasteiger partial charge on any atom is 0.119 e. The van der Waals surface area contributed by atoms with Crippen molar-refractivity contribution in [3.8, 4) is 0 Å². The van der Waals surface area contributed by atoms with Crippen LogP contribution < -0.4 is 5.73 Å². The molecule has 0 aromatic carbocycles. The molecule has 17 heavy (non-hydrogen) atoms. The van der Waals surface area contributed by atoms with Crippen LogP contribution in [0.15, 0.2) is 35.6 Å². The van der Waals surface area contributed by atoms with Crippen molar-refractivity contribution in [2.45, 2.75) is 30.7 Å². The van der Waals surface area contributed by atoms with E-state index in [0.29, 0.717) is 6.04 Å². The zero-order valence-corrected chi connectivity index (χ0v) is 10.8. The Balaban J connectivity index is 2.00. The molecule has 2 aromatic rings. The van der Waals surface area contributed by atoms with E-state index in [4.69, 9.17) is 5.73 Å². The molecular weight excluding hydrogens is 232 g/mol. The molecule has 2 heterocycles. The predicted molar refractivity (Wildman–Crippen MR) is 70.8 cm³/mol. The first-order valence-electron chi connectivity index (χ1n) is 5.54. The van der Waals surface area contributed by atoms with Gasteiger partial charge in [-0.2, -0.15) is 5.10 Å². The normalized spacial score (nSPS) is 11.0. The van der Waals surface area contributed by atoms with E-state index in [1.807, 2.05) is 29.1 Å². The second kappa shape index (κ2) is 5.23. The van der Waals surface area contributed by atoms with E-state index in [9.17, 15) is 0 Å². The SMILES string of the molecule is CC(C)n1ccc(CSc2ncccc2N)n1. The van der Waals surface area contributed by atoms with Crippen LogP contribution >= 0.6 is 11.8 Å². The van der Waals surface area contributed by atoms with E-state index in [1.54, 1.807) is 18.0 Å². The lowest BCUT2D eigenvalue weighted by Crippen LogP contribution is -2.01. The number of nitrogens with zero attached hydrogens (tertiary/aromatic N) is 3. The second-order valence-corrected chi connectivity index (χ2v) is 5.03. The van der Waals surface area contributed by atoms with Gasteiger partial charge in [0.05, 0.1) is 11.4 Å². The van der Waals surface area contributed by atoms with Gasteiger partial charge in [0.2, 0.25) is 0 Å². The van der Waals surface area contributed by atoms with Gasteiger partial charge >= 0.3 is 0 Å². The third-order valence-corrected chi connectivity index (χ3v) is 3.40. The Morgan fingerprint density at radius 2 is 2.24 bits per heavy atom. The molecule has 5 heteroatoms. The molecule has 0 aliphatic carbocycles. The van der Waals surface area contributed by atoms with Crippen molar-refractivity contribution in [2.75, 3.05) is 5.73 Å². The molecule has 0 atom stereocenters. The van der Waals surface area contributed by atoms with Crippen molar-refractivity contribution < 1.29 is 0 Å². The first kappa shape index (κ1) is 12.0. The fourth-order valence-electron chi connectivity index (χ4n) is 1.41. The zero-order chi connectivity index (χ0) is 12.3. The Bertz CT molecular complexity index is 493. The Hall–Kier alpha value is -1.49. The average molecular weight is 248 g/mol. The highest BCUT2D eigenvalue weighted by molar-refractivity contribution is 7.98. The van der Waals surface area contributed by atoms with Gasteiger partial charge in [0.25, 0.3) is 0 Å². The van der Waals surface area contributed by atoms with E-state index in [2.05, 4.69) is 23.9 Å². The van der Waals surface area contributed by atoms with E-state index in [-0.39, 0.29) is 0 Å². The van der Waals surface area contributed by atoms with E-state index >= 15 is 0 Å². The number of nitrogen functional groups attached to an aromatic ring is 1.